The van der Waals surface area contributed by atoms with Crippen LogP contribution in [0, 0.1) is 11.8 Å². The number of rotatable bonds is 5. The largest absolute Gasteiger partial charge is 0.483 e. The summed E-state index contributed by atoms with van der Waals surface area (Å²) in [6, 6.07) is 22.1. The van der Waals surface area contributed by atoms with Crippen LogP contribution in [0.5, 0.6) is 5.75 Å². The lowest BCUT2D eigenvalue weighted by Gasteiger charge is -2.31. The predicted octanol–water partition coefficient (Wildman–Crippen LogP) is 6.82. The van der Waals surface area contributed by atoms with Gasteiger partial charge in [0, 0.05) is 16.7 Å². The van der Waals surface area contributed by atoms with Gasteiger partial charge in [-0.3, -0.25) is 0 Å². The SMILES string of the molecule is CCCc1ccc(C2=CC(C)(C)Oc3ccc(C#Cc4ccc(C(=O)OCC)cc4)cc32)cc1. The molecule has 0 radical (unpaired) electrons. The fourth-order valence-electron chi connectivity index (χ4n) is 4.07. The number of ether oxygens (including phenoxy) is 2. The molecule has 3 aromatic rings. The van der Waals surface area contributed by atoms with Crippen molar-refractivity contribution in [3.63, 3.8) is 0 Å². The summed E-state index contributed by atoms with van der Waals surface area (Å²) >= 11 is 0. The highest BCUT2D eigenvalue weighted by atomic mass is 16.5. The van der Waals surface area contributed by atoms with Crippen LogP contribution in [0.15, 0.2) is 72.8 Å². The van der Waals surface area contributed by atoms with E-state index in [1.807, 2.05) is 24.3 Å². The lowest BCUT2D eigenvalue weighted by molar-refractivity contribution is 0.0526. The molecule has 172 valence electrons. The molecule has 0 fully saturated rings. The molecule has 0 amide bonds. The van der Waals surface area contributed by atoms with Crippen LogP contribution in [0.1, 0.15) is 72.3 Å². The van der Waals surface area contributed by atoms with Crippen molar-refractivity contribution in [2.75, 3.05) is 6.61 Å². The topological polar surface area (TPSA) is 35.5 Å². The first kappa shape index (κ1) is 23.4. The summed E-state index contributed by atoms with van der Waals surface area (Å²) in [4.78, 5) is 11.8. The Labute approximate surface area is 202 Å². The first-order valence-corrected chi connectivity index (χ1v) is 11.8. The molecule has 0 aromatic heterocycles. The van der Waals surface area contributed by atoms with Gasteiger partial charge in [0.15, 0.2) is 0 Å². The van der Waals surface area contributed by atoms with Gasteiger partial charge < -0.3 is 9.47 Å². The molecule has 1 heterocycles. The normalized spacial score (nSPS) is 13.6. The molecular weight excluding hydrogens is 420 g/mol. The third-order valence-electron chi connectivity index (χ3n) is 5.69. The number of benzene rings is 3. The van der Waals surface area contributed by atoms with Crippen molar-refractivity contribution < 1.29 is 14.3 Å². The van der Waals surface area contributed by atoms with Gasteiger partial charge in [-0.1, -0.05) is 49.5 Å². The zero-order chi connectivity index (χ0) is 24.1. The van der Waals surface area contributed by atoms with E-state index in [9.17, 15) is 4.79 Å². The van der Waals surface area contributed by atoms with Crippen LogP contribution in [-0.2, 0) is 11.2 Å². The van der Waals surface area contributed by atoms with Gasteiger partial charge in [0.25, 0.3) is 0 Å². The Morgan fingerprint density at radius 2 is 1.59 bits per heavy atom. The molecule has 34 heavy (non-hydrogen) atoms. The lowest BCUT2D eigenvalue weighted by atomic mass is 9.88. The van der Waals surface area contributed by atoms with Crippen molar-refractivity contribution in [2.24, 2.45) is 0 Å². The fourth-order valence-corrected chi connectivity index (χ4v) is 4.07. The van der Waals surface area contributed by atoms with Crippen molar-refractivity contribution in [3.8, 4) is 17.6 Å². The van der Waals surface area contributed by atoms with Crippen LogP contribution in [0.25, 0.3) is 5.57 Å². The van der Waals surface area contributed by atoms with Crippen molar-refractivity contribution >= 4 is 11.5 Å². The summed E-state index contributed by atoms with van der Waals surface area (Å²) in [6.07, 6.45) is 4.42. The number of aryl methyl sites for hydroxylation is 1. The second-order valence-corrected chi connectivity index (χ2v) is 8.97. The smallest absolute Gasteiger partial charge is 0.338 e. The van der Waals surface area contributed by atoms with E-state index >= 15 is 0 Å². The number of carbonyl (C=O) groups is 1. The molecule has 3 aromatic carbocycles. The second-order valence-electron chi connectivity index (χ2n) is 8.97. The molecule has 3 heteroatoms. The number of esters is 1. The maximum absolute atomic E-state index is 11.8. The van der Waals surface area contributed by atoms with Gasteiger partial charge in [0.1, 0.15) is 11.4 Å². The highest BCUT2D eigenvalue weighted by molar-refractivity contribution is 5.89. The van der Waals surface area contributed by atoms with Gasteiger partial charge >= 0.3 is 5.97 Å². The molecule has 3 nitrogen and oxygen atoms in total. The summed E-state index contributed by atoms with van der Waals surface area (Å²) in [7, 11) is 0. The molecule has 0 unspecified atom stereocenters. The molecule has 0 saturated heterocycles. The van der Waals surface area contributed by atoms with Gasteiger partial charge in [0.2, 0.25) is 0 Å². The number of hydrogen-bond acceptors (Lipinski definition) is 3. The zero-order valence-corrected chi connectivity index (χ0v) is 20.3. The van der Waals surface area contributed by atoms with E-state index in [1.54, 1.807) is 19.1 Å². The average molecular weight is 451 g/mol. The van der Waals surface area contributed by atoms with Gasteiger partial charge in [-0.15, -0.1) is 0 Å². The minimum atomic E-state index is -0.391. The fraction of sp³-hybridized carbons (Fsp3) is 0.258. The Kier molecular flexibility index (Phi) is 6.89. The summed E-state index contributed by atoms with van der Waals surface area (Å²) in [6.45, 7) is 8.51. The Hall–Kier alpha value is -3.77. The molecule has 0 spiro atoms. The maximum Gasteiger partial charge on any atom is 0.338 e. The third-order valence-corrected chi connectivity index (χ3v) is 5.69. The van der Waals surface area contributed by atoms with E-state index in [0.717, 1.165) is 40.9 Å². The molecular formula is C31H30O3. The Morgan fingerprint density at radius 1 is 0.912 bits per heavy atom. The second kappa shape index (κ2) is 10.0. The summed E-state index contributed by atoms with van der Waals surface area (Å²) in [5.41, 5.74) is 6.63. The number of fused-ring (bicyclic) bond motifs is 1. The van der Waals surface area contributed by atoms with E-state index in [4.69, 9.17) is 9.47 Å². The first-order chi connectivity index (χ1) is 16.4. The van der Waals surface area contributed by atoms with E-state index in [-0.39, 0.29) is 5.97 Å². The molecule has 0 saturated carbocycles. The monoisotopic (exact) mass is 450 g/mol. The summed E-state index contributed by atoms with van der Waals surface area (Å²) in [5.74, 6) is 7.00. The standard InChI is InChI=1S/C31H30O3/c1-5-7-22-10-15-25(16-11-22)28-21-31(3,4)34-29-19-14-24(20-27(28)29)9-8-23-12-17-26(18-13-23)30(32)33-6-2/h10-21H,5-7H2,1-4H3. The minimum absolute atomic E-state index is 0.318. The third kappa shape index (κ3) is 5.41. The molecule has 0 aliphatic carbocycles. The Bertz CT molecular complexity index is 1270. The minimum Gasteiger partial charge on any atom is -0.483 e. The highest BCUT2D eigenvalue weighted by Gasteiger charge is 2.27. The van der Waals surface area contributed by atoms with Gasteiger partial charge in [-0.05, 0) is 92.4 Å². The highest BCUT2D eigenvalue weighted by Crippen LogP contribution is 2.39. The zero-order valence-electron chi connectivity index (χ0n) is 20.3. The van der Waals surface area contributed by atoms with Crippen molar-refractivity contribution in [2.45, 2.75) is 46.1 Å². The number of hydrogen-bond donors (Lipinski definition) is 0. The molecule has 0 atom stereocenters. The van der Waals surface area contributed by atoms with Gasteiger partial charge in [-0.2, -0.15) is 0 Å². The molecule has 4 rings (SSSR count). The van der Waals surface area contributed by atoms with Gasteiger partial charge in [-0.25, -0.2) is 4.79 Å². The van der Waals surface area contributed by atoms with E-state index in [0.29, 0.717) is 12.2 Å². The van der Waals surface area contributed by atoms with Crippen molar-refractivity contribution in [3.05, 3.63) is 106 Å². The Balaban J connectivity index is 1.63. The van der Waals surface area contributed by atoms with Crippen LogP contribution in [0.2, 0.25) is 0 Å². The molecule has 0 N–H and O–H groups in total. The van der Waals surface area contributed by atoms with E-state index in [2.05, 4.69) is 69.0 Å². The van der Waals surface area contributed by atoms with Crippen LogP contribution in [-0.4, -0.2) is 18.2 Å². The lowest BCUT2D eigenvalue weighted by Crippen LogP contribution is -2.29. The summed E-state index contributed by atoms with van der Waals surface area (Å²) in [5, 5.41) is 0. The van der Waals surface area contributed by atoms with Crippen LogP contribution in [0.3, 0.4) is 0 Å². The molecule has 0 bridgehead atoms. The van der Waals surface area contributed by atoms with Crippen LogP contribution in [0.4, 0.5) is 0 Å². The van der Waals surface area contributed by atoms with Gasteiger partial charge in [0.05, 0.1) is 12.2 Å². The Morgan fingerprint density at radius 3 is 2.26 bits per heavy atom. The quantitative estimate of drug-likeness (QED) is 0.316. The first-order valence-electron chi connectivity index (χ1n) is 11.8. The maximum atomic E-state index is 11.8. The predicted molar refractivity (Wildman–Crippen MR) is 137 cm³/mol. The van der Waals surface area contributed by atoms with Crippen molar-refractivity contribution in [1.29, 1.82) is 0 Å². The van der Waals surface area contributed by atoms with E-state index < -0.39 is 5.60 Å². The van der Waals surface area contributed by atoms with Crippen molar-refractivity contribution in [1.82, 2.24) is 0 Å². The summed E-state index contributed by atoms with van der Waals surface area (Å²) < 4.78 is 11.3. The average Bonchev–Trinajstić information content (AvgIpc) is 2.83. The molecule has 1 aliphatic heterocycles. The van der Waals surface area contributed by atoms with Crippen LogP contribution < -0.4 is 4.74 Å². The van der Waals surface area contributed by atoms with Crippen LogP contribution >= 0.6 is 0 Å². The number of carbonyl (C=O) groups excluding carboxylic acids is 1. The van der Waals surface area contributed by atoms with E-state index in [1.165, 1.54) is 11.1 Å². The molecule has 1 aliphatic rings.